The predicted octanol–water partition coefficient (Wildman–Crippen LogP) is 0.265. The molecular formula is C9H14O4S. The zero-order valence-corrected chi connectivity index (χ0v) is 9.04. The lowest BCUT2D eigenvalue weighted by atomic mass is 9.79. The minimum Gasteiger partial charge on any atom is -0.390 e. The minimum atomic E-state index is -3.42. The van der Waals surface area contributed by atoms with E-state index in [1.165, 1.54) is 0 Å². The highest BCUT2D eigenvalue weighted by Gasteiger charge is 2.74. The first-order valence-corrected chi connectivity index (χ1v) is 6.37. The summed E-state index contributed by atoms with van der Waals surface area (Å²) in [5.74, 6) is 0. The summed E-state index contributed by atoms with van der Waals surface area (Å²) in [5.41, 5.74) is -0.610. The van der Waals surface area contributed by atoms with Crippen LogP contribution in [0.3, 0.4) is 0 Å². The highest BCUT2D eigenvalue weighted by Crippen LogP contribution is 2.67. The van der Waals surface area contributed by atoms with E-state index in [9.17, 15) is 13.5 Å². The highest BCUT2D eigenvalue weighted by atomic mass is 32.2. The van der Waals surface area contributed by atoms with Gasteiger partial charge in [-0.25, -0.2) is 0 Å². The van der Waals surface area contributed by atoms with Crippen molar-refractivity contribution in [2.75, 3.05) is 0 Å². The van der Waals surface area contributed by atoms with Gasteiger partial charge in [-0.2, -0.15) is 8.42 Å². The summed E-state index contributed by atoms with van der Waals surface area (Å²) >= 11 is 0. The summed E-state index contributed by atoms with van der Waals surface area (Å²) in [7, 11) is -3.42. The Morgan fingerprint density at radius 3 is 2.57 bits per heavy atom. The molecular weight excluding hydrogens is 204 g/mol. The fourth-order valence-electron chi connectivity index (χ4n) is 3.75. The molecule has 2 aliphatic carbocycles. The van der Waals surface area contributed by atoms with E-state index in [4.69, 9.17) is 4.18 Å². The molecule has 0 spiro atoms. The van der Waals surface area contributed by atoms with Gasteiger partial charge in [0.1, 0.15) is 6.10 Å². The Balaban J connectivity index is 2.21. The SMILES string of the molecule is CC12CC3C(C)(C1)C(OS3(=O)=O)C2O. The Bertz CT molecular complexity index is 403. The van der Waals surface area contributed by atoms with Crippen LogP contribution in [0, 0.1) is 10.8 Å². The van der Waals surface area contributed by atoms with Crippen molar-refractivity contribution in [3.8, 4) is 0 Å². The van der Waals surface area contributed by atoms with E-state index in [2.05, 4.69) is 0 Å². The van der Waals surface area contributed by atoms with Gasteiger partial charge >= 0.3 is 0 Å². The Kier molecular flexibility index (Phi) is 1.32. The fraction of sp³-hybridized carbons (Fsp3) is 1.00. The van der Waals surface area contributed by atoms with E-state index in [-0.39, 0.29) is 10.8 Å². The molecule has 14 heavy (non-hydrogen) atoms. The molecule has 1 aliphatic heterocycles. The van der Waals surface area contributed by atoms with Gasteiger partial charge in [0.15, 0.2) is 0 Å². The summed E-state index contributed by atoms with van der Waals surface area (Å²) in [6.07, 6.45) is 0.177. The van der Waals surface area contributed by atoms with Crippen LogP contribution in [0.15, 0.2) is 0 Å². The van der Waals surface area contributed by atoms with Crippen molar-refractivity contribution in [1.82, 2.24) is 0 Å². The van der Waals surface area contributed by atoms with Gasteiger partial charge in [0.25, 0.3) is 10.1 Å². The molecule has 0 radical (unpaired) electrons. The van der Waals surface area contributed by atoms with Crippen molar-refractivity contribution < 1.29 is 17.7 Å². The van der Waals surface area contributed by atoms with Crippen LogP contribution in [-0.4, -0.2) is 31.0 Å². The molecule has 2 saturated carbocycles. The van der Waals surface area contributed by atoms with Crippen molar-refractivity contribution in [2.24, 2.45) is 10.8 Å². The van der Waals surface area contributed by atoms with Gasteiger partial charge in [-0.05, 0) is 18.3 Å². The molecule has 0 aromatic carbocycles. The van der Waals surface area contributed by atoms with Gasteiger partial charge in [-0.15, -0.1) is 0 Å². The summed E-state index contributed by atoms with van der Waals surface area (Å²) in [4.78, 5) is 0. The average Bonchev–Trinajstić information content (AvgIpc) is 2.46. The number of rotatable bonds is 0. The molecule has 1 N–H and O–H groups in total. The summed E-state index contributed by atoms with van der Waals surface area (Å²) in [6, 6.07) is 0. The number of aliphatic hydroxyl groups is 1. The predicted molar refractivity (Wildman–Crippen MR) is 49.0 cm³/mol. The molecule has 5 heteroatoms. The highest BCUT2D eigenvalue weighted by molar-refractivity contribution is 7.87. The first kappa shape index (κ1) is 9.12. The van der Waals surface area contributed by atoms with E-state index >= 15 is 0 Å². The molecule has 3 aliphatic rings. The van der Waals surface area contributed by atoms with Crippen LogP contribution in [-0.2, 0) is 14.3 Å². The molecule has 0 aromatic rings. The Hall–Kier alpha value is -0.130. The lowest BCUT2D eigenvalue weighted by Gasteiger charge is -2.31. The Morgan fingerprint density at radius 1 is 1.43 bits per heavy atom. The number of hydrogen-bond acceptors (Lipinski definition) is 4. The van der Waals surface area contributed by atoms with Gasteiger partial charge in [0.05, 0.1) is 11.4 Å². The van der Waals surface area contributed by atoms with Gasteiger partial charge in [-0.1, -0.05) is 13.8 Å². The molecule has 4 nitrogen and oxygen atoms in total. The van der Waals surface area contributed by atoms with Crippen molar-refractivity contribution in [2.45, 2.75) is 44.1 Å². The zero-order valence-electron chi connectivity index (χ0n) is 8.23. The molecule has 1 saturated heterocycles. The van der Waals surface area contributed by atoms with Crippen LogP contribution in [0.1, 0.15) is 26.7 Å². The molecule has 2 bridgehead atoms. The fourth-order valence-corrected chi connectivity index (χ4v) is 5.96. The number of hydrogen-bond donors (Lipinski definition) is 1. The quantitative estimate of drug-likeness (QED) is 0.593. The third-order valence-corrected chi connectivity index (χ3v) is 6.29. The van der Waals surface area contributed by atoms with Crippen LogP contribution in [0.2, 0.25) is 0 Å². The smallest absolute Gasteiger partial charge is 0.271 e. The summed E-state index contributed by atoms with van der Waals surface area (Å²) in [6.45, 7) is 3.88. The van der Waals surface area contributed by atoms with Crippen molar-refractivity contribution >= 4 is 10.1 Å². The molecule has 1 heterocycles. The number of fused-ring (bicyclic) bond motifs is 1. The average molecular weight is 218 g/mol. The molecule has 3 rings (SSSR count). The third-order valence-electron chi connectivity index (χ3n) is 4.41. The second kappa shape index (κ2) is 2.03. The largest absolute Gasteiger partial charge is 0.390 e. The van der Waals surface area contributed by atoms with E-state index in [0.29, 0.717) is 6.42 Å². The Morgan fingerprint density at radius 2 is 2.07 bits per heavy atom. The lowest BCUT2D eigenvalue weighted by Crippen LogP contribution is -2.43. The minimum absolute atomic E-state index is 0.256. The first-order valence-electron chi connectivity index (χ1n) is 4.90. The van der Waals surface area contributed by atoms with Gasteiger partial charge in [0, 0.05) is 5.41 Å². The first-order chi connectivity index (χ1) is 6.30. The molecule has 0 amide bonds. The molecule has 5 atom stereocenters. The Labute approximate surface area is 83.4 Å². The summed E-state index contributed by atoms with van der Waals surface area (Å²) < 4.78 is 28.3. The molecule has 80 valence electrons. The molecule has 0 aromatic heterocycles. The van der Waals surface area contributed by atoms with E-state index in [1.54, 1.807) is 0 Å². The van der Waals surface area contributed by atoms with Gasteiger partial charge in [-0.3, -0.25) is 4.18 Å². The van der Waals surface area contributed by atoms with Crippen LogP contribution in [0.25, 0.3) is 0 Å². The maximum atomic E-state index is 11.6. The van der Waals surface area contributed by atoms with E-state index in [0.717, 1.165) is 6.42 Å². The second-order valence-corrected chi connectivity index (χ2v) is 7.23. The van der Waals surface area contributed by atoms with E-state index in [1.807, 2.05) is 13.8 Å². The maximum absolute atomic E-state index is 11.6. The second-order valence-electron chi connectivity index (χ2n) is 5.48. The van der Waals surface area contributed by atoms with Crippen LogP contribution in [0.5, 0.6) is 0 Å². The molecule has 5 unspecified atom stereocenters. The topological polar surface area (TPSA) is 63.6 Å². The van der Waals surface area contributed by atoms with Crippen LogP contribution < -0.4 is 0 Å². The van der Waals surface area contributed by atoms with Crippen molar-refractivity contribution in [3.63, 3.8) is 0 Å². The zero-order chi connectivity index (χ0) is 10.4. The van der Waals surface area contributed by atoms with Crippen molar-refractivity contribution in [3.05, 3.63) is 0 Å². The molecule has 3 fully saturated rings. The lowest BCUT2D eigenvalue weighted by molar-refractivity contribution is -0.0265. The number of aliphatic hydroxyl groups excluding tert-OH is 1. The maximum Gasteiger partial charge on any atom is 0.271 e. The van der Waals surface area contributed by atoms with Gasteiger partial charge in [0.2, 0.25) is 0 Å². The standard InChI is InChI=1S/C9H14O4S/c1-8-3-5-9(2,4-8)7(6(8)10)13-14(5,11)12/h5-7,10H,3-4H2,1-2H3. The van der Waals surface area contributed by atoms with Crippen LogP contribution in [0.4, 0.5) is 0 Å². The van der Waals surface area contributed by atoms with Crippen molar-refractivity contribution in [1.29, 1.82) is 0 Å². The third kappa shape index (κ3) is 0.729. The van der Waals surface area contributed by atoms with Crippen LogP contribution >= 0.6 is 0 Å². The van der Waals surface area contributed by atoms with Gasteiger partial charge < -0.3 is 5.11 Å². The summed E-state index contributed by atoms with van der Waals surface area (Å²) in [5, 5.41) is 9.58. The van der Waals surface area contributed by atoms with E-state index < -0.39 is 27.6 Å². The monoisotopic (exact) mass is 218 g/mol. The normalized spacial score (nSPS) is 63.5.